The Hall–Kier alpha value is -4.98. The van der Waals surface area contributed by atoms with Crippen LogP contribution in [0.3, 0.4) is 0 Å². The molecule has 0 aliphatic carbocycles. The third-order valence-electron chi connectivity index (χ3n) is 6.86. The van der Waals surface area contributed by atoms with Crippen molar-refractivity contribution in [3.63, 3.8) is 0 Å². The first-order valence-electron chi connectivity index (χ1n) is 12.8. The van der Waals surface area contributed by atoms with Crippen LogP contribution in [-0.4, -0.2) is 22.2 Å². The predicted molar refractivity (Wildman–Crippen MR) is 167 cm³/mol. The number of carboxylic acids is 2. The van der Waals surface area contributed by atoms with Gasteiger partial charge in [-0.2, -0.15) is 0 Å². The summed E-state index contributed by atoms with van der Waals surface area (Å²) < 4.78 is 6.15. The summed E-state index contributed by atoms with van der Waals surface area (Å²) in [6.07, 6.45) is 0. The maximum atomic E-state index is 12.7. The molecule has 0 atom stereocenters. The third-order valence-corrected chi connectivity index (χ3v) is 7.29. The molecular formula is C33H22Cl2N2O5. The van der Waals surface area contributed by atoms with E-state index in [4.69, 9.17) is 27.6 Å². The lowest BCUT2D eigenvalue weighted by molar-refractivity contribution is 0.0687. The molecule has 9 heteroatoms. The van der Waals surface area contributed by atoms with Crippen LogP contribution in [0.1, 0.15) is 26.3 Å². The van der Waals surface area contributed by atoms with E-state index in [0.29, 0.717) is 54.6 Å². The molecule has 0 unspecified atom stereocenters. The molecule has 0 bridgehead atoms. The van der Waals surface area contributed by atoms with Crippen LogP contribution < -0.4 is 10.6 Å². The highest BCUT2D eigenvalue weighted by molar-refractivity contribution is 6.35. The molecule has 0 aliphatic rings. The first kappa shape index (κ1) is 27.2. The number of anilines is 4. The average molecular weight is 597 g/mol. The van der Waals surface area contributed by atoms with Crippen molar-refractivity contribution in [1.82, 2.24) is 0 Å². The second kappa shape index (κ2) is 10.8. The molecule has 208 valence electrons. The van der Waals surface area contributed by atoms with Crippen LogP contribution in [0.4, 0.5) is 22.7 Å². The number of carboxylic acid groups (broad SMARTS) is 2. The maximum Gasteiger partial charge on any atom is 0.339 e. The second-order valence-corrected chi connectivity index (χ2v) is 10.7. The fraction of sp³-hybridized carbons (Fsp3) is 0.0303. The van der Waals surface area contributed by atoms with Gasteiger partial charge in [-0.25, -0.2) is 9.59 Å². The normalized spacial score (nSPS) is 11.1. The molecule has 0 fully saturated rings. The molecule has 6 aromatic rings. The van der Waals surface area contributed by atoms with E-state index in [9.17, 15) is 19.8 Å². The molecule has 7 nitrogen and oxygen atoms in total. The molecule has 0 aliphatic heterocycles. The fourth-order valence-electron chi connectivity index (χ4n) is 5.14. The van der Waals surface area contributed by atoms with E-state index in [1.54, 1.807) is 54.6 Å². The number of hydrogen-bond donors (Lipinski definition) is 4. The van der Waals surface area contributed by atoms with E-state index in [0.717, 1.165) is 11.3 Å². The van der Waals surface area contributed by atoms with Crippen LogP contribution in [0.15, 0.2) is 95.4 Å². The van der Waals surface area contributed by atoms with Crippen molar-refractivity contribution in [2.45, 2.75) is 6.92 Å². The molecule has 5 aromatic carbocycles. The molecule has 1 heterocycles. The number of nitrogens with one attached hydrogen (secondary N) is 2. The van der Waals surface area contributed by atoms with Crippen molar-refractivity contribution in [2.24, 2.45) is 0 Å². The van der Waals surface area contributed by atoms with Crippen LogP contribution >= 0.6 is 23.2 Å². The van der Waals surface area contributed by atoms with Crippen LogP contribution in [0.25, 0.3) is 33.1 Å². The van der Waals surface area contributed by atoms with Gasteiger partial charge in [-0.15, -0.1) is 0 Å². The molecular weight excluding hydrogens is 575 g/mol. The monoisotopic (exact) mass is 596 g/mol. The lowest BCUT2D eigenvalue weighted by atomic mass is 9.95. The van der Waals surface area contributed by atoms with Gasteiger partial charge in [0.2, 0.25) is 0 Å². The maximum absolute atomic E-state index is 12.7. The standard InChI is InChI=1S/C33H22Cl2N2O5/c1-17-5-2-6-21(11-17)36-27-12-18(13-28-29(27)24-8-3-9-25(32(38)39)31(24)42-28)23-7-4-10-26(30(23)33(40)41)37-22-15-19(34)14-20(35)16-22/h2-16,36-37H,1H3,(H,38,39)(H,40,41). The van der Waals surface area contributed by atoms with Gasteiger partial charge >= 0.3 is 11.9 Å². The van der Waals surface area contributed by atoms with E-state index in [2.05, 4.69) is 10.6 Å². The highest BCUT2D eigenvalue weighted by atomic mass is 35.5. The van der Waals surface area contributed by atoms with Crippen LogP contribution in [0.2, 0.25) is 10.0 Å². The molecule has 0 radical (unpaired) electrons. The number of fused-ring (bicyclic) bond motifs is 3. The number of halogens is 2. The lowest BCUT2D eigenvalue weighted by Gasteiger charge is -2.16. The fourth-order valence-corrected chi connectivity index (χ4v) is 5.66. The quantitative estimate of drug-likeness (QED) is 0.145. The summed E-state index contributed by atoms with van der Waals surface area (Å²) in [5.74, 6) is -2.26. The number of furan rings is 1. The summed E-state index contributed by atoms with van der Waals surface area (Å²) in [5.41, 5.74) is 5.03. The number of benzene rings is 5. The van der Waals surface area contributed by atoms with Gasteiger partial charge in [0.05, 0.1) is 22.3 Å². The predicted octanol–water partition coefficient (Wildman–Crippen LogP) is 9.75. The zero-order chi connectivity index (χ0) is 29.5. The third kappa shape index (κ3) is 5.11. The van der Waals surface area contributed by atoms with Gasteiger partial charge in [-0.05, 0) is 78.2 Å². The van der Waals surface area contributed by atoms with E-state index in [1.807, 2.05) is 37.3 Å². The Morgan fingerprint density at radius 1 is 0.738 bits per heavy atom. The lowest BCUT2D eigenvalue weighted by Crippen LogP contribution is -2.05. The first-order chi connectivity index (χ1) is 20.2. The van der Waals surface area contributed by atoms with Crippen LogP contribution in [0.5, 0.6) is 0 Å². The Morgan fingerprint density at radius 3 is 2.17 bits per heavy atom. The number of para-hydroxylation sites is 1. The van der Waals surface area contributed by atoms with Crippen molar-refractivity contribution in [3.05, 3.63) is 118 Å². The SMILES string of the molecule is Cc1cccc(Nc2cc(-c3cccc(Nc4cc(Cl)cc(Cl)c4)c3C(=O)O)cc3oc4c(C(=O)O)cccc4c23)c1. The smallest absolute Gasteiger partial charge is 0.339 e. The summed E-state index contributed by atoms with van der Waals surface area (Å²) in [4.78, 5) is 24.7. The van der Waals surface area contributed by atoms with E-state index < -0.39 is 11.9 Å². The minimum absolute atomic E-state index is 0.0248. The largest absolute Gasteiger partial charge is 0.478 e. The number of carbonyl (C=O) groups is 2. The molecule has 42 heavy (non-hydrogen) atoms. The Bertz CT molecular complexity index is 2030. The highest BCUT2D eigenvalue weighted by Crippen LogP contribution is 2.42. The minimum atomic E-state index is -1.15. The van der Waals surface area contributed by atoms with Gasteiger partial charge in [0.25, 0.3) is 0 Å². The van der Waals surface area contributed by atoms with Gasteiger partial charge in [-0.3, -0.25) is 0 Å². The van der Waals surface area contributed by atoms with Gasteiger partial charge in [-0.1, -0.05) is 59.6 Å². The Balaban J connectivity index is 1.58. The summed E-state index contributed by atoms with van der Waals surface area (Å²) in [7, 11) is 0. The topological polar surface area (TPSA) is 112 Å². The molecule has 4 N–H and O–H groups in total. The van der Waals surface area contributed by atoms with Crippen molar-refractivity contribution in [2.75, 3.05) is 10.6 Å². The summed E-state index contributed by atoms with van der Waals surface area (Å²) in [5, 5.41) is 28.8. The minimum Gasteiger partial charge on any atom is -0.478 e. The van der Waals surface area contributed by atoms with E-state index in [1.165, 1.54) is 6.07 Å². The van der Waals surface area contributed by atoms with Crippen molar-refractivity contribution >= 4 is 79.8 Å². The first-order valence-corrected chi connectivity index (χ1v) is 13.6. The second-order valence-electron chi connectivity index (χ2n) is 9.80. The van der Waals surface area contributed by atoms with Crippen molar-refractivity contribution in [3.8, 4) is 11.1 Å². The number of aryl methyl sites for hydroxylation is 1. The highest BCUT2D eigenvalue weighted by Gasteiger charge is 2.22. The van der Waals surface area contributed by atoms with Crippen LogP contribution in [0, 0.1) is 6.92 Å². The molecule has 0 saturated carbocycles. The molecule has 0 saturated heterocycles. The molecule has 0 amide bonds. The van der Waals surface area contributed by atoms with Gasteiger partial charge in [0, 0.05) is 26.8 Å². The summed E-state index contributed by atoms with van der Waals surface area (Å²) >= 11 is 12.3. The Morgan fingerprint density at radius 2 is 1.45 bits per heavy atom. The molecule has 0 spiro atoms. The van der Waals surface area contributed by atoms with Gasteiger partial charge < -0.3 is 25.3 Å². The number of hydrogen-bond acceptors (Lipinski definition) is 5. The molecule has 1 aromatic heterocycles. The summed E-state index contributed by atoms with van der Waals surface area (Å²) in [6.45, 7) is 1.98. The van der Waals surface area contributed by atoms with Gasteiger partial charge in [0.1, 0.15) is 16.7 Å². The Labute approximate surface area is 249 Å². The van der Waals surface area contributed by atoms with Crippen LogP contribution in [-0.2, 0) is 0 Å². The van der Waals surface area contributed by atoms with E-state index >= 15 is 0 Å². The van der Waals surface area contributed by atoms with Gasteiger partial charge in [0.15, 0.2) is 0 Å². The average Bonchev–Trinajstić information content (AvgIpc) is 3.31. The number of aromatic carboxylic acids is 2. The molecule has 6 rings (SSSR count). The Kier molecular flexibility index (Phi) is 6.98. The number of rotatable bonds is 7. The zero-order valence-electron chi connectivity index (χ0n) is 22.0. The van der Waals surface area contributed by atoms with E-state index in [-0.39, 0.29) is 16.7 Å². The zero-order valence-corrected chi connectivity index (χ0v) is 23.5. The van der Waals surface area contributed by atoms with Crippen molar-refractivity contribution < 1.29 is 24.2 Å². The van der Waals surface area contributed by atoms with Crippen molar-refractivity contribution in [1.29, 1.82) is 0 Å². The summed E-state index contributed by atoms with van der Waals surface area (Å²) in [6, 6.07) is 26.3.